The maximum absolute atomic E-state index is 12.2. The van der Waals surface area contributed by atoms with Crippen LogP contribution in [0.5, 0.6) is 5.88 Å². The summed E-state index contributed by atoms with van der Waals surface area (Å²) < 4.78 is 10.5. The Labute approximate surface area is 138 Å². The van der Waals surface area contributed by atoms with Crippen molar-refractivity contribution >= 4 is 11.8 Å². The zero-order valence-electron chi connectivity index (χ0n) is 14.5. The maximum Gasteiger partial charge on any atom is 0.410 e. The number of rotatable bonds is 3. The highest BCUT2D eigenvalue weighted by Crippen LogP contribution is 2.19. The summed E-state index contributed by atoms with van der Waals surface area (Å²) >= 11 is 0. The number of ether oxygens (including phenoxy) is 2. The van der Waals surface area contributed by atoms with E-state index in [1.165, 1.54) is 0 Å². The summed E-state index contributed by atoms with van der Waals surface area (Å²) in [5.41, 5.74) is 0.525. The second kappa shape index (κ2) is 7.53. The molecule has 1 aliphatic heterocycles. The van der Waals surface area contributed by atoms with E-state index in [0.717, 1.165) is 31.5 Å². The molecule has 1 atom stereocenters. The zero-order chi connectivity index (χ0) is 16.9. The molecule has 1 aromatic rings. The summed E-state index contributed by atoms with van der Waals surface area (Å²) in [7, 11) is 1.60. The Bertz CT molecular complexity index is 511. The fourth-order valence-electron chi connectivity index (χ4n) is 2.57. The van der Waals surface area contributed by atoms with E-state index in [-0.39, 0.29) is 6.09 Å². The number of carbonyl (C=O) groups is 1. The second-order valence-electron chi connectivity index (χ2n) is 6.83. The molecule has 0 aliphatic carbocycles. The largest absolute Gasteiger partial charge is 0.481 e. The van der Waals surface area contributed by atoms with Crippen molar-refractivity contribution in [2.45, 2.75) is 51.7 Å². The number of nitrogens with one attached hydrogen (secondary N) is 1. The number of nitrogens with zero attached hydrogens (tertiary/aromatic N) is 2. The van der Waals surface area contributed by atoms with Crippen LogP contribution >= 0.6 is 0 Å². The lowest BCUT2D eigenvalue weighted by Gasteiger charge is -2.26. The van der Waals surface area contributed by atoms with Gasteiger partial charge in [-0.3, -0.25) is 0 Å². The molecule has 1 aliphatic rings. The van der Waals surface area contributed by atoms with Gasteiger partial charge >= 0.3 is 6.09 Å². The number of methoxy groups -OCH3 is 1. The van der Waals surface area contributed by atoms with Crippen molar-refractivity contribution in [1.82, 2.24) is 9.88 Å². The van der Waals surface area contributed by atoms with Crippen LogP contribution in [0.2, 0.25) is 0 Å². The van der Waals surface area contributed by atoms with Gasteiger partial charge in [0.2, 0.25) is 5.88 Å². The van der Waals surface area contributed by atoms with Gasteiger partial charge in [-0.05, 0) is 46.1 Å². The Morgan fingerprint density at radius 2 is 2.09 bits per heavy atom. The first-order valence-electron chi connectivity index (χ1n) is 8.12. The average Bonchev–Trinajstić information content (AvgIpc) is 2.72. The van der Waals surface area contributed by atoms with Gasteiger partial charge in [-0.1, -0.05) is 0 Å². The van der Waals surface area contributed by atoms with E-state index in [2.05, 4.69) is 10.3 Å². The summed E-state index contributed by atoms with van der Waals surface area (Å²) in [5.74, 6) is 0.604. The highest BCUT2D eigenvalue weighted by Gasteiger charge is 2.25. The lowest BCUT2D eigenvalue weighted by Crippen LogP contribution is -2.37. The molecule has 23 heavy (non-hydrogen) atoms. The topological polar surface area (TPSA) is 63.7 Å². The first kappa shape index (κ1) is 17.4. The second-order valence-corrected chi connectivity index (χ2v) is 6.83. The van der Waals surface area contributed by atoms with Gasteiger partial charge in [-0.15, -0.1) is 0 Å². The van der Waals surface area contributed by atoms with Gasteiger partial charge in [-0.2, -0.15) is 0 Å². The minimum Gasteiger partial charge on any atom is -0.481 e. The number of hydrogen-bond donors (Lipinski definition) is 1. The Morgan fingerprint density at radius 1 is 1.30 bits per heavy atom. The van der Waals surface area contributed by atoms with Crippen LogP contribution in [-0.4, -0.2) is 47.8 Å². The van der Waals surface area contributed by atoms with E-state index in [9.17, 15) is 4.79 Å². The molecule has 6 nitrogen and oxygen atoms in total. The van der Waals surface area contributed by atoms with Crippen molar-refractivity contribution in [3.8, 4) is 5.88 Å². The molecule has 0 saturated carbocycles. The van der Waals surface area contributed by atoms with Crippen LogP contribution in [0.4, 0.5) is 10.5 Å². The van der Waals surface area contributed by atoms with Crippen molar-refractivity contribution < 1.29 is 14.3 Å². The molecule has 128 valence electrons. The summed E-state index contributed by atoms with van der Waals surface area (Å²) in [5, 5.41) is 3.48. The van der Waals surface area contributed by atoms with Crippen molar-refractivity contribution in [2.24, 2.45) is 0 Å². The van der Waals surface area contributed by atoms with E-state index in [0.29, 0.717) is 18.5 Å². The SMILES string of the molecule is COc1ccc(NC2CCCN(C(=O)OC(C)(C)C)CC2)cn1. The van der Waals surface area contributed by atoms with Crippen LogP contribution < -0.4 is 10.1 Å². The summed E-state index contributed by atoms with van der Waals surface area (Å²) in [6.07, 6.45) is 4.43. The Morgan fingerprint density at radius 3 is 2.70 bits per heavy atom. The van der Waals surface area contributed by atoms with E-state index >= 15 is 0 Å². The molecule has 0 radical (unpaired) electrons. The fourth-order valence-corrected chi connectivity index (χ4v) is 2.57. The molecular weight excluding hydrogens is 294 g/mol. The molecule has 2 heterocycles. The predicted molar refractivity (Wildman–Crippen MR) is 89.9 cm³/mol. The molecule has 1 N–H and O–H groups in total. The number of pyridine rings is 1. The van der Waals surface area contributed by atoms with E-state index < -0.39 is 5.60 Å². The predicted octanol–water partition coefficient (Wildman–Crippen LogP) is 3.29. The zero-order valence-corrected chi connectivity index (χ0v) is 14.5. The van der Waals surface area contributed by atoms with Gasteiger partial charge in [0, 0.05) is 25.2 Å². The molecule has 1 fully saturated rings. The molecule has 0 aromatic carbocycles. The Kier molecular flexibility index (Phi) is 5.69. The van der Waals surface area contributed by atoms with Gasteiger partial charge < -0.3 is 19.7 Å². The van der Waals surface area contributed by atoms with Gasteiger partial charge in [0.1, 0.15) is 5.60 Å². The van der Waals surface area contributed by atoms with E-state index in [1.807, 2.05) is 32.9 Å². The van der Waals surface area contributed by atoms with Gasteiger partial charge in [0.25, 0.3) is 0 Å². The Balaban J connectivity index is 1.86. The Hall–Kier alpha value is -1.98. The van der Waals surface area contributed by atoms with Crippen molar-refractivity contribution in [3.63, 3.8) is 0 Å². The van der Waals surface area contributed by atoms with Crippen LogP contribution in [0.1, 0.15) is 40.0 Å². The van der Waals surface area contributed by atoms with Crippen LogP contribution in [0.25, 0.3) is 0 Å². The first-order valence-corrected chi connectivity index (χ1v) is 8.12. The third-order valence-corrected chi connectivity index (χ3v) is 3.70. The molecule has 1 aromatic heterocycles. The van der Waals surface area contributed by atoms with Crippen LogP contribution in [-0.2, 0) is 4.74 Å². The molecular formula is C17H27N3O3. The standard InChI is InChI=1S/C17H27N3O3/c1-17(2,3)23-16(21)20-10-5-6-13(9-11-20)19-14-7-8-15(22-4)18-12-14/h7-8,12-13,19H,5-6,9-11H2,1-4H3. The van der Waals surface area contributed by atoms with Crippen molar-refractivity contribution in [3.05, 3.63) is 18.3 Å². The highest BCUT2D eigenvalue weighted by atomic mass is 16.6. The smallest absolute Gasteiger partial charge is 0.410 e. The highest BCUT2D eigenvalue weighted by molar-refractivity contribution is 5.68. The number of anilines is 1. The number of likely N-dealkylation sites (tertiary alicyclic amines) is 1. The number of carbonyl (C=O) groups excluding carboxylic acids is 1. The third kappa shape index (κ3) is 5.62. The van der Waals surface area contributed by atoms with Crippen LogP contribution in [0.3, 0.4) is 0 Å². The molecule has 1 unspecified atom stereocenters. The molecule has 0 bridgehead atoms. The summed E-state index contributed by atoms with van der Waals surface area (Å²) in [6, 6.07) is 4.13. The molecule has 1 amide bonds. The monoisotopic (exact) mass is 321 g/mol. The summed E-state index contributed by atoms with van der Waals surface area (Å²) in [4.78, 5) is 18.2. The number of amides is 1. The average molecular weight is 321 g/mol. The van der Waals surface area contributed by atoms with Crippen molar-refractivity contribution in [1.29, 1.82) is 0 Å². The molecule has 0 spiro atoms. The first-order chi connectivity index (χ1) is 10.9. The number of hydrogen-bond acceptors (Lipinski definition) is 5. The van der Waals surface area contributed by atoms with Crippen LogP contribution in [0, 0.1) is 0 Å². The lowest BCUT2D eigenvalue weighted by atomic mass is 10.1. The molecule has 2 rings (SSSR count). The minimum atomic E-state index is -0.449. The van der Waals surface area contributed by atoms with Gasteiger partial charge in [-0.25, -0.2) is 9.78 Å². The normalized spacial score (nSPS) is 19.0. The lowest BCUT2D eigenvalue weighted by molar-refractivity contribution is 0.0256. The van der Waals surface area contributed by atoms with E-state index in [4.69, 9.17) is 9.47 Å². The summed E-state index contributed by atoms with van der Waals surface area (Å²) in [6.45, 7) is 7.13. The van der Waals surface area contributed by atoms with Gasteiger partial charge in [0.15, 0.2) is 0 Å². The maximum atomic E-state index is 12.2. The number of aromatic nitrogens is 1. The quantitative estimate of drug-likeness (QED) is 0.925. The minimum absolute atomic E-state index is 0.218. The van der Waals surface area contributed by atoms with E-state index in [1.54, 1.807) is 18.2 Å². The fraction of sp³-hybridized carbons (Fsp3) is 0.647. The third-order valence-electron chi connectivity index (χ3n) is 3.70. The molecule has 6 heteroatoms. The van der Waals surface area contributed by atoms with Crippen molar-refractivity contribution in [2.75, 3.05) is 25.5 Å². The van der Waals surface area contributed by atoms with Crippen LogP contribution in [0.15, 0.2) is 18.3 Å². The molecule has 1 saturated heterocycles. The van der Waals surface area contributed by atoms with Gasteiger partial charge in [0.05, 0.1) is 19.0 Å².